The first-order valence-electron chi connectivity index (χ1n) is 6.37. The maximum Gasteiger partial charge on any atom is 0.272 e. The van der Waals surface area contributed by atoms with Crippen molar-refractivity contribution in [2.75, 3.05) is 19.6 Å². The highest BCUT2D eigenvalue weighted by Crippen LogP contribution is 2.19. The van der Waals surface area contributed by atoms with E-state index >= 15 is 0 Å². The molecule has 1 fully saturated rings. The SMILES string of the molecule is NC1CCCN(CCc2ccccc2[N+](=O)[O-])C1. The fourth-order valence-electron chi connectivity index (χ4n) is 2.47. The average Bonchev–Trinajstić information content (AvgIpc) is 2.37. The third-order valence-electron chi connectivity index (χ3n) is 3.43. The lowest BCUT2D eigenvalue weighted by Crippen LogP contribution is -2.43. The van der Waals surface area contributed by atoms with Gasteiger partial charge in [0.15, 0.2) is 0 Å². The first-order chi connectivity index (χ1) is 8.66. The van der Waals surface area contributed by atoms with Crippen molar-refractivity contribution in [3.63, 3.8) is 0 Å². The second kappa shape index (κ2) is 5.93. The Bertz CT molecular complexity index is 422. The van der Waals surface area contributed by atoms with Crippen LogP contribution in [-0.2, 0) is 6.42 Å². The van der Waals surface area contributed by atoms with E-state index in [-0.39, 0.29) is 16.7 Å². The summed E-state index contributed by atoms with van der Waals surface area (Å²) in [4.78, 5) is 12.9. The Balaban J connectivity index is 1.95. The highest BCUT2D eigenvalue weighted by Gasteiger charge is 2.18. The van der Waals surface area contributed by atoms with Gasteiger partial charge in [-0.3, -0.25) is 10.1 Å². The topological polar surface area (TPSA) is 72.4 Å². The molecule has 1 aromatic rings. The first kappa shape index (κ1) is 13.0. The van der Waals surface area contributed by atoms with Crippen molar-refractivity contribution in [3.8, 4) is 0 Å². The average molecular weight is 249 g/mol. The van der Waals surface area contributed by atoms with Crippen LogP contribution in [0.25, 0.3) is 0 Å². The Hall–Kier alpha value is -1.46. The quantitative estimate of drug-likeness (QED) is 0.649. The fraction of sp³-hybridized carbons (Fsp3) is 0.538. The molecular formula is C13H19N3O2. The van der Waals surface area contributed by atoms with Gasteiger partial charge in [0.25, 0.3) is 5.69 Å². The number of rotatable bonds is 4. The van der Waals surface area contributed by atoms with E-state index in [4.69, 9.17) is 5.73 Å². The van der Waals surface area contributed by atoms with Gasteiger partial charge in [-0.05, 0) is 25.8 Å². The van der Waals surface area contributed by atoms with Gasteiger partial charge in [-0.25, -0.2) is 0 Å². The lowest BCUT2D eigenvalue weighted by Gasteiger charge is -2.30. The minimum atomic E-state index is -0.308. The lowest BCUT2D eigenvalue weighted by molar-refractivity contribution is -0.385. The summed E-state index contributed by atoms with van der Waals surface area (Å²) in [7, 11) is 0. The van der Waals surface area contributed by atoms with Crippen molar-refractivity contribution in [1.82, 2.24) is 4.90 Å². The van der Waals surface area contributed by atoms with E-state index < -0.39 is 0 Å². The van der Waals surface area contributed by atoms with Crippen LogP contribution in [-0.4, -0.2) is 35.5 Å². The second-order valence-corrected chi connectivity index (χ2v) is 4.84. The summed E-state index contributed by atoms with van der Waals surface area (Å²) in [5.74, 6) is 0. The number of likely N-dealkylation sites (tertiary alicyclic amines) is 1. The second-order valence-electron chi connectivity index (χ2n) is 4.84. The largest absolute Gasteiger partial charge is 0.327 e. The number of nitro groups is 1. The standard InChI is InChI=1S/C13H19N3O2/c14-12-5-3-8-15(10-12)9-7-11-4-1-2-6-13(11)16(17)18/h1-2,4,6,12H,3,5,7-10,14H2. The third kappa shape index (κ3) is 3.27. The molecule has 1 atom stereocenters. The number of hydrogen-bond donors (Lipinski definition) is 1. The molecular weight excluding hydrogens is 230 g/mol. The molecule has 1 saturated heterocycles. The third-order valence-corrected chi connectivity index (χ3v) is 3.43. The van der Waals surface area contributed by atoms with Crippen LogP contribution >= 0.6 is 0 Å². The monoisotopic (exact) mass is 249 g/mol. The maximum absolute atomic E-state index is 10.9. The summed E-state index contributed by atoms with van der Waals surface area (Å²) in [6.45, 7) is 2.80. The van der Waals surface area contributed by atoms with Gasteiger partial charge in [0.1, 0.15) is 0 Å². The van der Waals surface area contributed by atoms with Gasteiger partial charge in [0.05, 0.1) is 4.92 Å². The van der Waals surface area contributed by atoms with Crippen molar-refractivity contribution in [1.29, 1.82) is 0 Å². The molecule has 1 aromatic carbocycles. The van der Waals surface area contributed by atoms with Crippen molar-refractivity contribution < 1.29 is 4.92 Å². The predicted octanol–water partition coefficient (Wildman–Crippen LogP) is 1.56. The molecule has 0 bridgehead atoms. The molecule has 18 heavy (non-hydrogen) atoms. The van der Waals surface area contributed by atoms with Crippen LogP contribution in [0, 0.1) is 10.1 Å². The highest BCUT2D eigenvalue weighted by atomic mass is 16.6. The summed E-state index contributed by atoms with van der Waals surface area (Å²) in [5.41, 5.74) is 6.95. The van der Waals surface area contributed by atoms with Crippen molar-refractivity contribution >= 4 is 5.69 Å². The first-order valence-corrected chi connectivity index (χ1v) is 6.37. The van der Waals surface area contributed by atoms with E-state index in [2.05, 4.69) is 4.90 Å². The minimum Gasteiger partial charge on any atom is -0.327 e. The molecule has 0 aliphatic carbocycles. The molecule has 2 rings (SSSR count). The Kier molecular flexibility index (Phi) is 4.28. The molecule has 5 nitrogen and oxygen atoms in total. The van der Waals surface area contributed by atoms with E-state index in [0.29, 0.717) is 6.42 Å². The Morgan fingerprint density at radius 1 is 1.44 bits per heavy atom. The number of piperidine rings is 1. The van der Waals surface area contributed by atoms with E-state index in [1.54, 1.807) is 12.1 Å². The van der Waals surface area contributed by atoms with Gasteiger partial charge in [-0.2, -0.15) is 0 Å². The minimum absolute atomic E-state index is 0.221. The van der Waals surface area contributed by atoms with Gasteiger partial charge in [-0.15, -0.1) is 0 Å². The van der Waals surface area contributed by atoms with E-state index in [0.717, 1.165) is 38.0 Å². The van der Waals surface area contributed by atoms with Crippen LogP contribution in [0.3, 0.4) is 0 Å². The predicted molar refractivity (Wildman–Crippen MR) is 70.4 cm³/mol. The molecule has 0 radical (unpaired) electrons. The van der Waals surface area contributed by atoms with E-state index in [9.17, 15) is 10.1 Å². The van der Waals surface area contributed by atoms with Gasteiger partial charge in [-0.1, -0.05) is 18.2 Å². The van der Waals surface area contributed by atoms with Crippen LogP contribution in [0.4, 0.5) is 5.69 Å². The van der Waals surface area contributed by atoms with Crippen LogP contribution in [0.15, 0.2) is 24.3 Å². The molecule has 0 saturated carbocycles. The number of nitro benzene ring substituents is 1. The highest BCUT2D eigenvalue weighted by molar-refractivity contribution is 5.39. The maximum atomic E-state index is 10.9. The smallest absolute Gasteiger partial charge is 0.272 e. The number of benzene rings is 1. The summed E-state index contributed by atoms with van der Waals surface area (Å²) < 4.78 is 0. The summed E-state index contributed by atoms with van der Waals surface area (Å²) in [6, 6.07) is 7.21. The molecule has 1 heterocycles. The molecule has 98 valence electrons. The van der Waals surface area contributed by atoms with Crippen LogP contribution in [0.5, 0.6) is 0 Å². The van der Waals surface area contributed by atoms with Crippen molar-refractivity contribution in [2.45, 2.75) is 25.3 Å². The molecule has 0 amide bonds. The number of para-hydroxylation sites is 1. The molecule has 1 aliphatic heterocycles. The van der Waals surface area contributed by atoms with Gasteiger partial charge < -0.3 is 10.6 Å². The van der Waals surface area contributed by atoms with Gasteiger partial charge >= 0.3 is 0 Å². The molecule has 2 N–H and O–H groups in total. The normalized spacial score (nSPS) is 20.8. The zero-order chi connectivity index (χ0) is 13.0. The van der Waals surface area contributed by atoms with Crippen LogP contribution < -0.4 is 5.73 Å². The Morgan fingerprint density at radius 2 is 2.22 bits per heavy atom. The fourth-order valence-corrected chi connectivity index (χ4v) is 2.47. The van der Waals surface area contributed by atoms with E-state index in [1.807, 2.05) is 12.1 Å². The molecule has 1 aliphatic rings. The number of nitrogens with two attached hydrogens (primary N) is 1. The summed E-state index contributed by atoms with van der Waals surface area (Å²) in [6.07, 6.45) is 2.92. The Labute approximate surface area is 107 Å². The zero-order valence-electron chi connectivity index (χ0n) is 10.4. The summed E-state index contributed by atoms with van der Waals surface area (Å²) in [5, 5.41) is 10.9. The zero-order valence-corrected chi connectivity index (χ0v) is 10.4. The van der Waals surface area contributed by atoms with Crippen molar-refractivity contribution in [2.24, 2.45) is 5.73 Å². The molecule has 0 spiro atoms. The molecule has 1 unspecified atom stereocenters. The van der Waals surface area contributed by atoms with Crippen molar-refractivity contribution in [3.05, 3.63) is 39.9 Å². The number of nitrogens with zero attached hydrogens (tertiary/aromatic N) is 2. The van der Waals surface area contributed by atoms with Crippen LogP contribution in [0.2, 0.25) is 0 Å². The lowest BCUT2D eigenvalue weighted by atomic mass is 10.0. The molecule has 0 aromatic heterocycles. The van der Waals surface area contributed by atoms with E-state index in [1.165, 1.54) is 0 Å². The van der Waals surface area contributed by atoms with Gasteiger partial charge in [0.2, 0.25) is 0 Å². The van der Waals surface area contributed by atoms with Gasteiger partial charge in [0, 0.05) is 30.8 Å². The number of hydrogen-bond acceptors (Lipinski definition) is 4. The molecule has 5 heteroatoms. The Morgan fingerprint density at radius 3 is 2.94 bits per heavy atom. The summed E-state index contributed by atoms with van der Waals surface area (Å²) >= 11 is 0. The van der Waals surface area contributed by atoms with Crippen LogP contribution in [0.1, 0.15) is 18.4 Å².